The Labute approximate surface area is 174 Å². The van der Waals surface area contributed by atoms with Crippen LogP contribution in [-0.4, -0.2) is 19.6 Å². The summed E-state index contributed by atoms with van der Waals surface area (Å²) in [4.78, 5) is 13.9. The number of methoxy groups -OCH3 is 1. The van der Waals surface area contributed by atoms with Gasteiger partial charge in [-0.25, -0.2) is 4.79 Å². The maximum Gasteiger partial charge on any atom is 0.337 e. The summed E-state index contributed by atoms with van der Waals surface area (Å²) in [7, 11) is 1.38. The highest BCUT2D eigenvalue weighted by Crippen LogP contribution is 2.40. The standard InChI is InChI=1S/C24H20ClNO3/c1-28-24(27)18-9-4-6-17(14-18)7-5-13-26-16-19-8-2-3-10-22(19)29-23-12-11-20(25)15-21(23)26/h2-12,14-15H,13,16H2,1H3/b7-5-. The minimum Gasteiger partial charge on any atom is -0.465 e. The van der Waals surface area contributed by atoms with Gasteiger partial charge in [-0.05, 0) is 42.0 Å². The molecule has 0 bridgehead atoms. The third-order valence-corrected chi connectivity index (χ3v) is 4.99. The second kappa shape index (κ2) is 8.41. The van der Waals surface area contributed by atoms with Crippen molar-refractivity contribution >= 4 is 29.3 Å². The molecular weight excluding hydrogens is 386 g/mol. The van der Waals surface area contributed by atoms with E-state index in [1.54, 1.807) is 6.07 Å². The number of halogens is 1. The average molecular weight is 406 g/mol. The van der Waals surface area contributed by atoms with E-state index in [1.807, 2.05) is 60.7 Å². The first-order valence-electron chi connectivity index (χ1n) is 9.29. The number of carbonyl (C=O) groups excluding carboxylic acids is 1. The first-order valence-corrected chi connectivity index (χ1v) is 9.67. The van der Waals surface area contributed by atoms with E-state index in [0.29, 0.717) is 23.7 Å². The van der Waals surface area contributed by atoms with Gasteiger partial charge in [0.05, 0.1) is 18.4 Å². The van der Waals surface area contributed by atoms with Gasteiger partial charge in [0, 0.05) is 23.7 Å². The fourth-order valence-electron chi connectivity index (χ4n) is 3.33. The molecule has 1 heterocycles. The van der Waals surface area contributed by atoms with Gasteiger partial charge in [-0.15, -0.1) is 0 Å². The highest BCUT2D eigenvalue weighted by molar-refractivity contribution is 6.31. The van der Waals surface area contributed by atoms with Crippen molar-refractivity contribution in [3.8, 4) is 11.5 Å². The van der Waals surface area contributed by atoms with E-state index >= 15 is 0 Å². The topological polar surface area (TPSA) is 38.8 Å². The van der Waals surface area contributed by atoms with E-state index in [0.717, 1.165) is 28.3 Å². The predicted molar refractivity (Wildman–Crippen MR) is 116 cm³/mol. The largest absolute Gasteiger partial charge is 0.465 e. The Hall–Kier alpha value is -3.24. The molecule has 0 atom stereocenters. The molecular formula is C24H20ClNO3. The summed E-state index contributed by atoms with van der Waals surface area (Å²) in [5.74, 6) is 1.29. The van der Waals surface area contributed by atoms with E-state index in [-0.39, 0.29) is 5.97 Å². The lowest BCUT2D eigenvalue weighted by Crippen LogP contribution is -2.21. The van der Waals surface area contributed by atoms with Crippen molar-refractivity contribution in [3.05, 3.63) is 94.5 Å². The summed E-state index contributed by atoms with van der Waals surface area (Å²) in [6.45, 7) is 1.36. The molecule has 0 aromatic heterocycles. The monoisotopic (exact) mass is 405 g/mol. The minimum atomic E-state index is -0.343. The fourth-order valence-corrected chi connectivity index (χ4v) is 3.50. The van der Waals surface area contributed by atoms with Gasteiger partial charge >= 0.3 is 5.97 Å². The Bertz CT molecular complexity index is 1080. The van der Waals surface area contributed by atoms with Crippen molar-refractivity contribution in [1.82, 2.24) is 0 Å². The molecule has 3 aromatic carbocycles. The lowest BCUT2D eigenvalue weighted by Gasteiger charge is -2.22. The molecule has 0 aliphatic carbocycles. The number of para-hydroxylation sites is 1. The Kier molecular flexibility index (Phi) is 5.54. The molecule has 0 saturated carbocycles. The van der Waals surface area contributed by atoms with Crippen LogP contribution < -0.4 is 9.64 Å². The first kappa shape index (κ1) is 19.1. The summed E-state index contributed by atoms with van der Waals surface area (Å²) < 4.78 is 10.9. The van der Waals surface area contributed by atoms with Crippen LogP contribution in [0.15, 0.2) is 72.8 Å². The predicted octanol–water partition coefficient (Wildman–Crippen LogP) is 5.95. The van der Waals surface area contributed by atoms with Crippen LogP contribution in [0.25, 0.3) is 6.08 Å². The maximum atomic E-state index is 11.7. The van der Waals surface area contributed by atoms with Gasteiger partial charge in [-0.3, -0.25) is 0 Å². The molecule has 0 unspecified atom stereocenters. The van der Waals surface area contributed by atoms with Crippen LogP contribution in [-0.2, 0) is 11.3 Å². The van der Waals surface area contributed by atoms with Crippen molar-refractivity contribution < 1.29 is 14.3 Å². The molecule has 29 heavy (non-hydrogen) atoms. The molecule has 0 spiro atoms. The molecule has 4 rings (SSSR count). The Morgan fingerprint density at radius 2 is 1.97 bits per heavy atom. The van der Waals surface area contributed by atoms with Gasteiger partial charge in [0.15, 0.2) is 5.75 Å². The van der Waals surface area contributed by atoms with E-state index in [4.69, 9.17) is 21.1 Å². The lowest BCUT2D eigenvalue weighted by atomic mass is 10.1. The van der Waals surface area contributed by atoms with Crippen molar-refractivity contribution in [2.24, 2.45) is 0 Å². The molecule has 5 heteroatoms. The van der Waals surface area contributed by atoms with Gasteiger partial charge in [0.25, 0.3) is 0 Å². The third-order valence-electron chi connectivity index (χ3n) is 4.76. The Balaban J connectivity index is 1.60. The van der Waals surface area contributed by atoms with Crippen molar-refractivity contribution in [1.29, 1.82) is 0 Å². The quantitative estimate of drug-likeness (QED) is 0.502. The van der Waals surface area contributed by atoms with Crippen LogP contribution in [0.3, 0.4) is 0 Å². The smallest absolute Gasteiger partial charge is 0.337 e. The number of esters is 1. The van der Waals surface area contributed by atoms with Crippen LogP contribution in [0.5, 0.6) is 11.5 Å². The van der Waals surface area contributed by atoms with Gasteiger partial charge in [0.2, 0.25) is 0 Å². The van der Waals surface area contributed by atoms with Crippen molar-refractivity contribution in [2.75, 3.05) is 18.6 Å². The van der Waals surface area contributed by atoms with Crippen molar-refractivity contribution in [2.45, 2.75) is 6.54 Å². The molecule has 4 nitrogen and oxygen atoms in total. The number of anilines is 1. The molecule has 3 aromatic rings. The molecule has 0 N–H and O–H groups in total. The maximum absolute atomic E-state index is 11.7. The van der Waals surface area contributed by atoms with Crippen LogP contribution in [0, 0.1) is 0 Å². The highest BCUT2D eigenvalue weighted by atomic mass is 35.5. The second-order valence-electron chi connectivity index (χ2n) is 6.72. The summed E-state index contributed by atoms with van der Waals surface area (Å²) in [6, 6.07) is 21.0. The Morgan fingerprint density at radius 1 is 1.10 bits per heavy atom. The summed E-state index contributed by atoms with van der Waals surface area (Å²) >= 11 is 6.25. The fraction of sp³-hybridized carbons (Fsp3) is 0.125. The van der Waals surface area contributed by atoms with Gasteiger partial charge in [-0.1, -0.05) is 54.1 Å². The van der Waals surface area contributed by atoms with Crippen LogP contribution in [0.4, 0.5) is 5.69 Å². The van der Waals surface area contributed by atoms with Gasteiger partial charge < -0.3 is 14.4 Å². The number of ether oxygens (including phenoxy) is 2. The average Bonchev–Trinajstić information content (AvgIpc) is 2.90. The number of hydrogen-bond acceptors (Lipinski definition) is 4. The third kappa shape index (κ3) is 4.28. The second-order valence-corrected chi connectivity index (χ2v) is 7.16. The van der Waals surface area contributed by atoms with E-state index < -0.39 is 0 Å². The Morgan fingerprint density at radius 3 is 2.83 bits per heavy atom. The molecule has 0 amide bonds. The number of hydrogen-bond donors (Lipinski definition) is 0. The summed E-state index contributed by atoms with van der Waals surface area (Å²) in [6.07, 6.45) is 4.06. The first-order chi connectivity index (χ1) is 14.1. The lowest BCUT2D eigenvalue weighted by molar-refractivity contribution is 0.0600. The van der Waals surface area contributed by atoms with E-state index in [1.165, 1.54) is 7.11 Å². The van der Waals surface area contributed by atoms with Gasteiger partial charge in [0.1, 0.15) is 5.75 Å². The normalized spacial score (nSPS) is 12.7. The zero-order valence-corrected chi connectivity index (χ0v) is 16.7. The number of carbonyl (C=O) groups is 1. The van der Waals surface area contributed by atoms with Gasteiger partial charge in [-0.2, -0.15) is 0 Å². The minimum absolute atomic E-state index is 0.343. The number of rotatable bonds is 4. The zero-order valence-electron chi connectivity index (χ0n) is 16.0. The summed E-state index contributed by atoms with van der Waals surface area (Å²) in [5.41, 5.74) is 3.53. The van der Waals surface area contributed by atoms with Crippen molar-refractivity contribution in [3.63, 3.8) is 0 Å². The molecule has 1 aliphatic heterocycles. The molecule has 0 saturated heterocycles. The molecule has 146 valence electrons. The van der Waals surface area contributed by atoms with Crippen LogP contribution >= 0.6 is 11.6 Å². The number of nitrogens with zero attached hydrogens (tertiary/aromatic N) is 1. The highest BCUT2D eigenvalue weighted by Gasteiger charge is 2.20. The molecule has 0 radical (unpaired) electrons. The molecule has 0 fully saturated rings. The SMILES string of the molecule is COC(=O)c1cccc(/C=C\CN2Cc3ccccc3Oc3ccc(Cl)cc32)c1. The number of fused-ring (bicyclic) bond motifs is 2. The number of benzene rings is 3. The molecule has 1 aliphatic rings. The van der Waals surface area contributed by atoms with Crippen LogP contribution in [0.2, 0.25) is 5.02 Å². The zero-order chi connectivity index (χ0) is 20.2. The van der Waals surface area contributed by atoms with E-state index in [9.17, 15) is 4.79 Å². The van der Waals surface area contributed by atoms with E-state index in [2.05, 4.69) is 17.0 Å². The summed E-state index contributed by atoms with van der Waals surface area (Å²) in [5, 5.41) is 0.665. The van der Waals surface area contributed by atoms with Crippen LogP contribution in [0.1, 0.15) is 21.5 Å².